The molecule has 0 amide bonds. The Balaban J connectivity index is 2.28. The molecule has 0 spiro atoms. The number of hydrogen-bond acceptors (Lipinski definition) is 5. The second-order valence-electron chi connectivity index (χ2n) is 4.58. The number of thioether (sulfide) groups is 1. The molecule has 98 valence electrons. The number of hydrogen-bond donors (Lipinski definition) is 3. The highest BCUT2D eigenvalue weighted by atomic mass is 32.2. The van der Waals surface area contributed by atoms with Crippen LogP contribution in [-0.2, 0) is 0 Å². The summed E-state index contributed by atoms with van der Waals surface area (Å²) in [4.78, 5) is 15.7. The van der Waals surface area contributed by atoms with Gasteiger partial charge in [0.1, 0.15) is 10.8 Å². The fourth-order valence-electron chi connectivity index (χ4n) is 1.93. The Labute approximate surface area is 110 Å². The van der Waals surface area contributed by atoms with Crippen LogP contribution in [0.4, 0.5) is 5.82 Å². The van der Waals surface area contributed by atoms with E-state index in [1.165, 1.54) is 6.20 Å². The van der Waals surface area contributed by atoms with Crippen molar-refractivity contribution in [1.82, 2.24) is 10.3 Å². The Morgan fingerprint density at radius 2 is 2.39 bits per heavy atom. The van der Waals surface area contributed by atoms with Crippen LogP contribution in [0.25, 0.3) is 0 Å². The molecule has 1 aromatic heterocycles. The lowest BCUT2D eigenvalue weighted by molar-refractivity contribution is 0.0696. The number of rotatable bonds is 4. The summed E-state index contributed by atoms with van der Waals surface area (Å²) in [5.41, 5.74) is 0.222. The van der Waals surface area contributed by atoms with Gasteiger partial charge in [-0.3, -0.25) is 5.32 Å². The summed E-state index contributed by atoms with van der Waals surface area (Å²) in [5, 5.41) is 15.8. The van der Waals surface area contributed by atoms with Gasteiger partial charge in [-0.1, -0.05) is 18.7 Å². The average molecular weight is 267 g/mol. The smallest absolute Gasteiger partial charge is 0.337 e. The fourth-order valence-corrected chi connectivity index (χ4v) is 3.28. The second kappa shape index (κ2) is 4.78. The van der Waals surface area contributed by atoms with Crippen LogP contribution in [0.1, 0.15) is 37.6 Å². The molecule has 1 aliphatic heterocycles. The lowest BCUT2D eigenvalue weighted by atomic mass is 10.2. The standard InChI is InChI=1S/C12H17N3O2S/c1-4-12(14-7(2)3)15-10-9(18-12)5-8(6-13-10)11(16)17/h5-7,14H,4H2,1-3H3,(H,13,15)(H,16,17). The number of anilines is 1. The van der Waals surface area contributed by atoms with E-state index in [1.54, 1.807) is 17.8 Å². The Morgan fingerprint density at radius 1 is 1.67 bits per heavy atom. The molecule has 0 saturated heterocycles. The van der Waals surface area contributed by atoms with Crippen molar-refractivity contribution in [2.75, 3.05) is 5.32 Å². The monoisotopic (exact) mass is 267 g/mol. The van der Waals surface area contributed by atoms with Crippen LogP contribution in [-0.4, -0.2) is 27.1 Å². The zero-order valence-corrected chi connectivity index (χ0v) is 11.5. The number of nitrogens with one attached hydrogen (secondary N) is 2. The van der Waals surface area contributed by atoms with E-state index in [0.717, 1.165) is 17.1 Å². The zero-order valence-electron chi connectivity index (χ0n) is 10.7. The lowest BCUT2D eigenvalue weighted by Crippen LogP contribution is -2.49. The van der Waals surface area contributed by atoms with Crippen LogP contribution in [0.15, 0.2) is 17.2 Å². The molecule has 0 fully saturated rings. The van der Waals surface area contributed by atoms with Crippen molar-refractivity contribution in [1.29, 1.82) is 0 Å². The fraction of sp³-hybridized carbons (Fsp3) is 0.500. The van der Waals surface area contributed by atoms with Crippen molar-refractivity contribution in [3.05, 3.63) is 17.8 Å². The Kier molecular flexibility index (Phi) is 3.49. The molecule has 0 saturated carbocycles. The van der Waals surface area contributed by atoms with Gasteiger partial charge in [0.2, 0.25) is 0 Å². The maximum atomic E-state index is 10.9. The van der Waals surface area contributed by atoms with Crippen LogP contribution >= 0.6 is 11.8 Å². The number of pyridine rings is 1. The molecule has 1 atom stereocenters. The van der Waals surface area contributed by atoms with E-state index in [2.05, 4.69) is 36.4 Å². The first-order valence-electron chi connectivity index (χ1n) is 5.94. The molecule has 0 radical (unpaired) electrons. The van der Waals surface area contributed by atoms with Gasteiger partial charge in [0.15, 0.2) is 0 Å². The van der Waals surface area contributed by atoms with Gasteiger partial charge in [0.05, 0.1) is 10.5 Å². The molecular formula is C12H17N3O2S. The number of fused-ring (bicyclic) bond motifs is 1. The van der Waals surface area contributed by atoms with Gasteiger partial charge in [-0.2, -0.15) is 0 Å². The van der Waals surface area contributed by atoms with Gasteiger partial charge in [-0.15, -0.1) is 0 Å². The van der Waals surface area contributed by atoms with Crippen LogP contribution in [0, 0.1) is 0 Å². The Morgan fingerprint density at radius 3 is 2.94 bits per heavy atom. The quantitative estimate of drug-likeness (QED) is 0.777. The molecule has 0 aromatic carbocycles. The molecule has 18 heavy (non-hydrogen) atoms. The van der Waals surface area contributed by atoms with Crippen molar-refractivity contribution in [3.8, 4) is 0 Å². The van der Waals surface area contributed by atoms with Crippen LogP contribution in [0.3, 0.4) is 0 Å². The summed E-state index contributed by atoms with van der Waals surface area (Å²) in [6, 6.07) is 2.00. The summed E-state index contributed by atoms with van der Waals surface area (Å²) in [7, 11) is 0. The molecule has 5 nitrogen and oxygen atoms in total. The van der Waals surface area contributed by atoms with E-state index < -0.39 is 5.97 Å². The highest BCUT2D eigenvalue weighted by Gasteiger charge is 2.37. The predicted octanol–water partition coefficient (Wildman–Crippen LogP) is 2.36. The minimum absolute atomic E-state index is 0.222. The first-order chi connectivity index (χ1) is 8.46. The van der Waals surface area contributed by atoms with Crippen LogP contribution < -0.4 is 10.6 Å². The molecule has 1 aliphatic rings. The predicted molar refractivity (Wildman–Crippen MR) is 72.0 cm³/mol. The lowest BCUT2D eigenvalue weighted by Gasteiger charge is -2.31. The van der Waals surface area contributed by atoms with E-state index in [0.29, 0.717) is 6.04 Å². The number of carboxylic acids is 1. The van der Waals surface area contributed by atoms with Gasteiger partial charge in [-0.25, -0.2) is 9.78 Å². The minimum Gasteiger partial charge on any atom is -0.478 e. The number of carbonyl (C=O) groups is 1. The number of aromatic carboxylic acids is 1. The van der Waals surface area contributed by atoms with Gasteiger partial charge in [-0.05, 0) is 26.3 Å². The molecule has 0 bridgehead atoms. The first kappa shape index (κ1) is 13.2. The number of carboxylic acid groups (broad SMARTS) is 1. The highest BCUT2D eigenvalue weighted by molar-refractivity contribution is 8.01. The third-order valence-corrected chi connectivity index (χ3v) is 4.11. The van der Waals surface area contributed by atoms with Crippen molar-refractivity contribution in [2.24, 2.45) is 0 Å². The maximum Gasteiger partial charge on any atom is 0.337 e. The van der Waals surface area contributed by atoms with E-state index in [1.807, 2.05) is 0 Å². The molecule has 3 N–H and O–H groups in total. The number of nitrogens with zero attached hydrogens (tertiary/aromatic N) is 1. The van der Waals surface area contributed by atoms with E-state index in [4.69, 9.17) is 5.11 Å². The molecule has 1 aromatic rings. The first-order valence-corrected chi connectivity index (χ1v) is 6.75. The molecule has 1 unspecified atom stereocenters. The summed E-state index contributed by atoms with van der Waals surface area (Å²) in [6.07, 6.45) is 2.25. The maximum absolute atomic E-state index is 10.9. The third kappa shape index (κ3) is 2.44. The normalized spacial score (nSPS) is 21.8. The Hall–Kier alpha value is -1.27. The number of aromatic nitrogens is 1. The van der Waals surface area contributed by atoms with Gasteiger partial charge < -0.3 is 10.4 Å². The van der Waals surface area contributed by atoms with Crippen LogP contribution in [0.5, 0.6) is 0 Å². The molecule has 2 heterocycles. The van der Waals surface area contributed by atoms with E-state index in [-0.39, 0.29) is 10.6 Å². The van der Waals surface area contributed by atoms with Gasteiger partial charge in [0.25, 0.3) is 0 Å². The summed E-state index contributed by atoms with van der Waals surface area (Å²) < 4.78 is 0. The third-order valence-electron chi connectivity index (χ3n) is 2.72. The molecular weight excluding hydrogens is 250 g/mol. The van der Waals surface area contributed by atoms with Gasteiger partial charge >= 0.3 is 5.97 Å². The summed E-state index contributed by atoms with van der Waals surface area (Å²) >= 11 is 1.60. The van der Waals surface area contributed by atoms with Crippen molar-refractivity contribution >= 4 is 23.5 Å². The SMILES string of the molecule is CCC1(NC(C)C)Nc2ncc(C(=O)O)cc2S1. The minimum atomic E-state index is -0.947. The molecule has 6 heteroatoms. The summed E-state index contributed by atoms with van der Waals surface area (Å²) in [6.45, 7) is 6.25. The van der Waals surface area contributed by atoms with E-state index in [9.17, 15) is 4.79 Å². The highest BCUT2D eigenvalue weighted by Crippen LogP contribution is 2.44. The van der Waals surface area contributed by atoms with Crippen molar-refractivity contribution in [2.45, 2.75) is 43.1 Å². The average Bonchev–Trinajstić information content (AvgIpc) is 2.65. The van der Waals surface area contributed by atoms with Gasteiger partial charge in [0, 0.05) is 12.2 Å². The topological polar surface area (TPSA) is 74.2 Å². The second-order valence-corrected chi connectivity index (χ2v) is 5.92. The van der Waals surface area contributed by atoms with E-state index >= 15 is 0 Å². The molecule has 0 aliphatic carbocycles. The van der Waals surface area contributed by atoms with Crippen molar-refractivity contribution in [3.63, 3.8) is 0 Å². The summed E-state index contributed by atoms with van der Waals surface area (Å²) in [5.74, 6) is -0.197. The largest absolute Gasteiger partial charge is 0.478 e. The van der Waals surface area contributed by atoms with Crippen molar-refractivity contribution < 1.29 is 9.90 Å². The zero-order chi connectivity index (χ0) is 13.3. The molecule has 2 rings (SSSR count). The van der Waals surface area contributed by atoms with Crippen LogP contribution in [0.2, 0.25) is 0 Å². The Bertz CT molecular complexity index is 478.